The van der Waals surface area contributed by atoms with Crippen molar-refractivity contribution in [3.8, 4) is 5.75 Å². The molecule has 1 aliphatic carbocycles. The van der Waals surface area contributed by atoms with Crippen molar-refractivity contribution in [3.63, 3.8) is 0 Å². The van der Waals surface area contributed by atoms with Crippen LogP contribution < -0.4 is 4.74 Å². The molecule has 1 aliphatic rings. The van der Waals surface area contributed by atoms with Crippen molar-refractivity contribution in [1.82, 2.24) is 4.90 Å². The first-order valence-corrected chi connectivity index (χ1v) is 6.20. The fourth-order valence-corrected chi connectivity index (χ4v) is 1.99. The number of ether oxygens (including phenoxy) is 1. The molecule has 1 aromatic rings. The Kier molecular flexibility index (Phi) is 3.70. The molecule has 0 bridgehead atoms. The van der Waals surface area contributed by atoms with Gasteiger partial charge in [0.1, 0.15) is 5.75 Å². The number of amides is 1. The number of nitrogens with zero attached hydrogens (tertiary/aromatic N) is 1. The van der Waals surface area contributed by atoms with Gasteiger partial charge in [-0.15, -0.1) is 0 Å². The second-order valence-corrected chi connectivity index (χ2v) is 4.69. The highest BCUT2D eigenvalue weighted by atomic mass is 16.5. The summed E-state index contributed by atoms with van der Waals surface area (Å²) in [6.07, 6.45) is 4.43. The topological polar surface area (TPSA) is 29.5 Å². The first kappa shape index (κ1) is 12.7. The number of methoxy groups -OCH3 is 1. The zero-order chi connectivity index (χ0) is 13.1. The molecule has 0 heterocycles. The van der Waals surface area contributed by atoms with Gasteiger partial charge in [0, 0.05) is 18.7 Å². The largest absolute Gasteiger partial charge is 0.496 e. The lowest BCUT2D eigenvalue weighted by Crippen LogP contribution is -2.30. The Hall–Kier alpha value is -1.77. The van der Waals surface area contributed by atoms with Gasteiger partial charge >= 0.3 is 0 Å². The molecule has 0 radical (unpaired) electrons. The Balaban J connectivity index is 2.12. The summed E-state index contributed by atoms with van der Waals surface area (Å²) in [5.41, 5.74) is 1.93. The molecule has 0 spiro atoms. The maximum absolute atomic E-state index is 12.1. The quantitative estimate of drug-likeness (QED) is 0.797. The van der Waals surface area contributed by atoms with Crippen molar-refractivity contribution in [2.45, 2.75) is 25.3 Å². The van der Waals surface area contributed by atoms with E-state index in [4.69, 9.17) is 4.74 Å². The summed E-state index contributed by atoms with van der Waals surface area (Å²) in [6.45, 7) is 3.73. The predicted octanol–water partition coefficient (Wildman–Crippen LogP) is 2.50. The van der Waals surface area contributed by atoms with E-state index in [9.17, 15) is 4.79 Å². The van der Waals surface area contributed by atoms with Crippen LogP contribution in [0.15, 0.2) is 24.8 Å². The molecule has 3 heteroatoms. The van der Waals surface area contributed by atoms with Crippen LogP contribution in [-0.4, -0.2) is 31.0 Å². The predicted molar refractivity (Wildman–Crippen MR) is 72.6 cm³/mol. The smallest absolute Gasteiger partial charge is 0.227 e. The maximum atomic E-state index is 12.1. The van der Waals surface area contributed by atoms with Crippen molar-refractivity contribution < 1.29 is 9.53 Å². The fraction of sp³-hybridized carbons (Fsp3) is 0.400. The minimum absolute atomic E-state index is 0.155. The number of likely N-dealkylation sites (N-methyl/N-ethyl adjacent to an activating group) is 1. The third-order valence-electron chi connectivity index (χ3n) is 3.38. The van der Waals surface area contributed by atoms with Crippen molar-refractivity contribution >= 4 is 12.0 Å². The van der Waals surface area contributed by atoms with E-state index >= 15 is 0 Å². The zero-order valence-corrected chi connectivity index (χ0v) is 11.0. The molecule has 96 valence electrons. The molecular formula is C15H19NO2. The Morgan fingerprint density at radius 1 is 1.56 bits per heavy atom. The lowest BCUT2D eigenvalue weighted by Gasteiger charge is -2.17. The number of rotatable bonds is 5. The van der Waals surface area contributed by atoms with E-state index in [0.29, 0.717) is 12.5 Å². The lowest BCUT2D eigenvalue weighted by molar-refractivity contribution is -0.129. The van der Waals surface area contributed by atoms with Crippen LogP contribution in [0.25, 0.3) is 6.08 Å². The molecule has 0 saturated heterocycles. The number of carbonyl (C=O) groups is 1. The Morgan fingerprint density at radius 3 is 2.83 bits per heavy atom. The molecule has 2 rings (SSSR count). The van der Waals surface area contributed by atoms with Gasteiger partial charge in [0.2, 0.25) is 5.91 Å². The average molecular weight is 245 g/mol. The highest BCUT2D eigenvalue weighted by molar-refractivity contribution is 5.80. The van der Waals surface area contributed by atoms with E-state index in [0.717, 1.165) is 29.7 Å². The first-order chi connectivity index (χ1) is 8.65. The zero-order valence-electron chi connectivity index (χ0n) is 11.0. The molecule has 1 aromatic carbocycles. The molecule has 1 saturated carbocycles. The van der Waals surface area contributed by atoms with Gasteiger partial charge in [0.05, 0.1) is 13.5 Å². The third-order valence-corrected chi connectivity index (χ3v) is 3.38. The Bertz CT molecular complexity index is 464. The van der Waals surface area contributed by atoms with Crippen LogP contribution in [0.3, 0.4) is 0 Å². The number of benzene rings is 1. The van der Waals surface area contributed by atoms with E-state index in [1.165, 1.54) is 0 Å². The summed E-state index contributed by atoms with van der Waals surface area (Å²) in [5.74, 6) is 0.909. The number of carbonyl (C=O) groups excluding carboxylic acids is 1. The summed E-state index contributed by atoms with van der Waals surface area (Å²) in [5, 5.41) is 0. The van der Waals surface area contributed by atoms with Crippen molar-refractivity contribution in [3.05, 3.63) is 35.9 Å². The van der Waals surface area contributed by atoms with Gasteiger partial charge in [-0.05, 0) is 24.5 Å². The normalized spacial score (nSPS) is 14.1. The van der Waals surface area contributed by atoms with E-state index in [-0.39, 0.29) is 5.91 Å². The maximum Gasteiger partial charge on any atom is 0.227 e. The summed E-state index contributed by atoms with van der Waals surface area (Å²) >= 11 is 0. The van der Waals surface area contributed by atoms with E-state index in [1.54, 1.807) is 13.2 Å². The molecular weight excluding hydrogens is 226 g/mol. The molecule has 3 nitrogen and oxygen atoms in total. The van der Waals surface area contributed by atoms with Crippen LogP contribution in [-0.2, 0) is 11.2 Å². The third kappa shape index (κ3) is 2.73. The molecule has 0 aliphatic heterocycles. The lowest BCUT2D eigenvalue weighted by atomic mass is 10.1. The van der Waals surface area contributed by atoms with Crippen LogP contribution >= 0.6 is 0 Å². The summed E-state index contributed by atoms with van der Waals surface area (Å²) in [7, 11) is 3.51. The SMILES string of the molecule is C=Cc1ccc(CC(=O)N(C)C2CC2)c(OC)c1. The minimum atomic E-state index is 0.155. The molecule has 0 aromatic heterocycles. The van der Waals surface area contributed by atoms with Crippen LogP contribution in [0.5, 0.6) is 5.75 Å². The van der Waals surface area contributed by atoms with Gasteiger partial charge in [0.15, 0.2) is 0 Å². The molecule has 1 fully saturated rings. The fourth-order valence-electron chi connectivity index (χ4n) is 1.99. The van der Waals surface area contributed by atoms with Crippen molar-refractivity contribution in [2.75, 3.05) is 14.2 Å². The van der Waals surface area contributed by atoms with Gasteiger partial charge in [-0.3, -0.25) is 4.79 Å². The van der Waals surface area contributed by atoms with E-state index in [2.05, 4.69) is 6.58 Å². The van der Waals surface area contributed by atoms with Gasteiger partial charge in [-0.1, -0.05) is 24.8 Å². The van der Waals surface area contributed by atoms with Crippen molar-refractivity contribution in [2.24, 2.45) is 0 Å². The second-order valence-electron chi connectivity index (χ2n) is 4.69. The number of hydrogen-bond donors (Lipinski definition) is 0. The van der Waals surface area contributed by atoms with Gasteiger partial charge in [0.25, 0.3) is 0 Å². The summed E-state index contributed by atoms with van der Waals surface area (Å²) < 4.78 is 5.33. The monoisotopic (exact) mass is 245 g/mol. The Morgan fingerprint density at radius 2 is 2.28 bits per heavy atom. The standard InChI is InChI=1S/C15H19NO2/c1-4-11-5-6-12(14(9-11)18-3)10-15(17)16(2)13-7-8-13/h4-6,9,13H,1,7-8,10H2,2-3H3. The highest BCUT2D eigenvalue weighted by Gasteiger charge is 2.29. The van der Waals surface area contributed by atoms with Crippen LogP contribution in [0.1, 0.15) is 24.0 Å². The summed E-state index contributed by atoms with van der Waals surface area (Å²) in [4.78, 5) is 13.9. The van der Waals surface area contributed by atoms with Crippen molar-refractivity contribution in [1.29, 1.82) is 0 Å². The minimum Gasteiger partial charge on any atom is -0.496 e. The molecule has 18 heavy (non-hydrogen) atoms. The van der Waals surface area contributed by atoms with Crippen LogP contribution in [0.2, 0.25) is 0 Å². The molecule has 0 unspecified atom stereocenters. The molecule has 0 atom stereocenters. The van der Waals surface area contributed by atoms with Gasteiger partial charge in [-0.25, -0.2) is 0 Å². The average Bonchev–Trinajstić information content (AvgIpc) is 3.22. The highest BCUT2D eigenvalue weighted by Crippen LogP contribution is 2.27. The molecule has 1 amide bonds. The van der Waals surface area contributed by atoms with E-state index in [1.807, 2.05) is 30.1 Å². The van der Waals surface area contributed by atoms with E-state index < -0.39 is 0 Å². The number of hydrogen-bond acceptors (Lipinski definition) is 2. The van der Waals surface area contributed by atoms with Crippen LogP contribution in [0.4, 0.5) is 0 Å². The Labute approximate surface area is 108 Å². The van der Waals surface area contributed by atoms with Gasteiger partial charge < -0.3 is 9.64 Å². The molecule has 0 N–H and O–H groups in total. The summed E-state index contributed by atoms with van der Waals surface area (Å²) in [6, 6.07) is 6.26. The second kappa shape index (κ2) is 5.25. The first-order valence-electron chi connectivity index (χ1n) is 6.20. The van der Waals surface area contributed by atoms with Crippen LogP contribution in [0, 0.1) is 0 Å². The van der Waals surface area contributed by atoms with Gasteiger partial charge in [-0.2, -0.15) is 0 Å².